The zero-order valence-electron chi connectivity index (χ0n) is 11.6. The topological polar surface area (TPSA) is 77.2 Å². The Balaban J connectivity index is 2.10. The number of carbonyl (C=O) groups excluding carboxylic acids is 1. The van der Waals surface area contributed by atoms with Crippen molar-refractivity contribution in [2.24, 2.45) is 0 Å². The van der Waals surface area contributed by atoms with E-state index in [1.54, 1.807) is 19.1 Å². The first kappa shape index (κ1) is 14.8. The Hall–Kier alpha value is -2.63. The maximum Gasteiger partial charge on any atom is 0.340 e. The summed E-state index contributed by atoms with van der Waals surface area (Å²) in [7, 11) is 0. The Morgan fingerprint density at radius 1 is 1.43 bits per heavy atom. The third-order valence-electron chi connectivity index (χ3n) is 2.79. The molecule has 0 saturated heterocycles. The molecule has 1 heterocycles. The van der Waals surface area contributed by atoms with Crippen molar-refractivity contribution in [1.29, 1.82) is 0 Å². The van der Waals surface area contributed by atoms with Crippen LogP contribution >= 0.6 is 0 Å². The highest BCUT2D eigenvalue weighted by atomic mass is 19.1. The summed E-state index contributed by atoms with van der Waals surface area (Å²) in [6.45, 7) is 2.38. The van der Waals surface area contributed by atoms with Crippen molar-refractivity contribution >= 4 is 17.5 Å². The van der Waals surface area contributed by atoms with E-state index in [0.717, 1.165) is 5.56 Å². The maximum atomic E-state index is 13.1. The first-order valence-electron chi connectivity index (χ1n) is 6.51. The van der Waals surface area contributed by atoms with Crippen LogP contribution in [0.25, 0.3) is 0 Å². The highest BCUT2D eigenvalue weighted by molar-refractivity contribution is 5.95. The lowest BCUT2D eigenvalue weighted by Crippen LogP contribution is -2.10. The molecule has 2 rings (SSSR count). The number of rotatable bonds is 5. The summed E-state index contributed by atoms with van der Waals surface area (Å²) in [6, 6.07) is 7.75. The molecule has 110 valence electrons. The molecule has 5 nitrogen and oxygen atoms in total. The molecule has 0 aliphatic rings. The van der Waals surface area contributed by atoms with Crippen LogP contribution in [-0.4, -0.2) is 17.6 Å². The molecule has 0 unspecified atom stereocenters. The normalized spacial score (nSPS) is 10.2. The fourth-order valence-electron chi connectivity index (χ4n) is 1.79. The standard InChI is InChI=1S/C15H16FN3O2/c1-2-21-15(20)12-7-14(19-9-13(12)17)18-8-10-4-3-5-11(16)6-10/h3-7,9H,2,8,17H2,1H3,(H,18,19). The number of ether oxygens (including phenoxy) is 1. The number of benzene rings is 1. The van der Waals surface area contributed by atoms with Crippen LogP contribution in [0, 0.1) is 5.82 Å². The van der Waals surface area contributed by atoms with Gasteiger partial charge in [0.05, 0.1) is 24.1 Å². The van der Waals surface area contributed by atoms with E-state index in [1.807, 2.05) is 0 Å². The van der Waals surface area contributed by atoms with E-state index in [1.165, 1.54) is 24.4 Å². The van der Waals surface area contributed by atoms with Crippen LogP contribution < -0.4 is 11.1 Å². The molecule has 3 N–H and O–H groups in total. The Bertz CT molecular complexity index is 647. The van der Waals surface area contributed by atoms with Gasteiger partial charge in [0.15, 0.2) is 0 Å². The summed E-state index contributed by atoms with van der Waals surface area (Å²) in [6.07, 6.45) is 1.39. The van der Waals surface area contributed by atoms with Crippen molar-refractivity contribution in [2.45, 2.75) is 13.5 Å². The second kappa shape index (κ2) is 6.69. The van der Waals surface area contributed by atoms with Crippen molar-refractivity contribution in [3.8, 4) is 0 Å². The molecule has 1 aromatic carbocycles. The Morgan fingerprint density at radius 3 is 2.95 bits per heavy atom. The molecule has 0 spiro atoms. The van der Waals surface area contributed by atoms with Crippen LogP contribution in [0.2, 0.25) is 0 Å². The lowest BCUT2D eigenvalue weighted by atomic mass is 10.2. The lowest BCUT2D eigenvalue weighted by molar-refractivity contribution is 0.0527. The predicted molar refractivity (Wildman–Crippen MR) is 78.3 cm³/mol. The zero-order chi connectivity index (χ0) is 15.2. The monoisotopic (exact) mass is 289 g/mol. The summed E-state index contributed by atoms with van der Waals surface area (Å²) < 4.78 is 18.0. The van der Waals surface area contributed by atoms with Crippen LogP contribution in [0.3, 0.4) is 0 Å². The number of carbonyl (C=O) groups is 1. The summed E-state index contributed by atoms with van der Waals surface area (Å²) in [5.41, 5.74) is 6.99. The van der Waals surface area contributed by atoms with Crippen molar-refractivity contribution in [2.75, 3.05) is 17.7 Å². The van der Waals surface area contributed by atoms with Gasteiger partial charge in [-0.25, -0.2) is 14.2 Å². The van der Waals surface area contributed by atoms with Crippen molar-refractivity contribution in [1.82, 2.24) is 4.98 Å². The van der Waals surface area contributed by atoms with Crippen molar-refractivity contribution in [3.63, 3.8) is 0 Å². The number of nitrogen functional groups attached to an aromatic ring is 1. The molecule has 21 heavy (non-hydrogen) atoms. The number of pyridine rings is 1. The zero-order valence-corrected chi connectivity index (χ0v) is 11.6. The lowest BCUT2D eigenvalue weighted by Gasteiger charge is -2.09. The minimum Gasteiger partial charge on any atom is -0.462 e. The van der Waals surface area contributed by atoms with Gasteiger partial charge >= 0.3 is 5.97 Å². The van der Waals surface area contributed by atoms with Gasteiger partial charge in [0.2, 0.25) is 0 Å². The van der Waals surface area contributed by atoms with Gasteiger partial charge in [-0.15, -0.1) is 0 Å². The number of hydrogen-bond acceptors (Lipinski definition) is 5. The van der Waals surface area contributed by atoms with E-state index in [0.29, 0.717) is 12.4 Å². The van der Waals surface area contributed by atoms with Gasteiger partial charge in [-0.2, -0.15) is 0 Å². The highest BCUT2D eigenvalue weighted by Crippen LogP contribution is 2.17. The Morgan fingerprint density at radius 2 is 2.24 bits per heavy atom. The molecular weight excluding hydrogens is 273 g/mol. The van der Waals surface area contributed by atoms with Crippen LogP contribution in [0.4, 0.5) is 15.9 Å². The molecule has 0 aliphatic carbocycles. The first-order chi connectivity index (χ1) is 10.1. The molecule has 2 aromatic rings. The van der Waals surface area contributed by atoms with Gasteiger partial charge in [-0.05, 0) is 30.7 Å². The predicted octanol–water partition coefficient (Wildman–Crippen LogP) is 2.59. The van der Waals surface area contributed by atoms with Crippen LogP contribution in [0.5, 0.6) is 0 Å². The summed E-state index contributed by atoms with van der Waals surface area (Å²) in [5, 5.41) is 3.01. The number of anilines is 2. The molecule has 0 saturated carbocycles. The van der Waals surface area contributed by atoms with E-state index in [-0.39, 0.29) is 23.7 Å². The first-order valence-corrected chi connectivity index (χ1v) is 6.51. The number of nitrogens with zero attached hydrogens (tertiary/aromatic N) is 1. The molecule has 0 amide bonds. The van der Waals surface area contributed by atoms with Gasteiger partial charge in [0.25, 0.3) is 0 Å². The molecular formula is C15H16FN3O2. The number of aromatic nitrogens is 1. The van der Waals surface area contributed by atoms with E-state index >= 15 is 0 Å². The van der Waals surface area contributed by atoms with Crippen LogP contribution in [0.1, 0.15) is 22.8 Å². The van der Waals surface area contributed by atoms with Crippen molar-refractivity contribution in [3.05, 3.63) is 53.5 Å². The molecule has 0 radical (unpaired) electrons. The van der Waals surface area contributed by atoms with Crippen LogP contribution in [-0.2, 0) is 11.3 Å². The highest BCUT2D eigenvalue weighted by Gasteiger charge is 2.12. The minimum absolute atomic E-state index is 0.254. The van der Waals surface area contributed by atoms with E-state index in [4.69, 9.17) is 10.5 Å². The fraction of sp³-hybridized carbons (Fsp3) is 0.200. The average molecular weight is 289 g/mol. The smallest absolute Gasteiger partial charge is 0.340 e. The van der Waals surface area contributed by atoms with Crippen molar-refractivity contribution < 1.29 is 13.9 Å². The number of esters is 1. The van der Waals surface area contributed by atoms with E-state index < -0.39 is 5.97 Å². The van der Waals surface area contributed by atoms with Gasteiger partial charge in [0.1, 0.15) is 11.6 Å². The third kappa shape index (κ3) is 3.92. The molecule has 6 heteroatoms. The number of nitrogens with two attached hydrogens (primary N) is 1. The van der Waals surface area contributed by atoms with Gasteiger partial charge in [0, 0.05) is 6.54 Å². The van der Waals surface area contributed by atoms with Gasteiger partial charge in [-0.1, -0.05) is 12.1 Å². The second-order valence-corrected chi connectivity index (χ2v) is 4.36. The minimum atomic E-state index is -0.494. The molecule has 0 fully saturated rings. The Labute approximate surface area is 121 Å². The van der Waals surface area contributed by atoms with E-state index in [2.05, 4.69) is 10.3 Å². The Kier molecular flexibility index (Phi) is 4.71. The molecule has 0 aliphatic heterocycles. The molecule has 0 bridgehead atoms. The molecule has 1 aromatic heterocycles. The SMILES string of the molecule is CCOC(=O)c1cc(NCc2cccc(F)c2)ncc1N. The second-order valence-electron chi connectivity index (χ2n) is 4.36. The molecule has 0 atom stereocenters. The number of hydrogen-bond donors (Lipinski definition) is 2. The summed E-state index contributed by atoms with van der Waals surface area (Å²) in [5.74, 6) is -0.325. The van der Waals surface area contributed by atoms with Crippen LogP contribution in [0.15, 0.2) is 36.5 Å². The third-order valence-corrected chi connectivity index (χ3v) is 2.79. The van der Waals surface area contributed by atoms with E-state index in [9.17, 15) is 9.18 Å². The quantitative estimate of drug-likeness (QED) is 0.827. The summed E-state index contributed by atoms with van der Waals surface area (Å²) >= 11 is 0. The number of halogens is 1. The van der Waals surface area contributed by atoms with Gasteiger partial charge in [-0.3, -0.25) is 0 Å². The maximum absolute atomic E-state index is 13.1. The largest absolute Gasteiger partial charge is 0.462 e. The van der Waals surface area contributed by atoms with Gasteiger partial charge < -0.3 is 15.8 Å². The number of nitrogens with one attached hydrogen (secondary N) is 1. The average Bonchev–Trinajstić information content (AvgIpc) is 2.46. The summed E-state index contributed by atoms with van der Waals surface area (Å²) in [4.78, 5) is 15.8. The fourth-order valence-corrected chi connectivity index (χ4v) is 1.79.